The van der Waals surface area contributed by atoms with Gasteiger partial charge in [-0.15, -0.1) is 0 Å². The Bertz CT molecular complexity index is 1400. The quantitative estimate of drug-likeness (QED) is 0.348. The fourth-order valence-corrected chi connectivity index (χ4v) is 5.30. The molecule has 4 N–H and O–H groups in total. The number of hydrazine groups is 1. The first-order valence-electron chi connectivity index (χ1n) is 14.8. The first-order valence-corrected chi connectivity index (χ1v) is 14.8. The van der Waals surface area contributed by atoms with Gasteiger partial charge in [-0.05, 0) is 56.7 Å². The molecule has 1 saturated carbocycles. The summed E-state index contributed by atoms with van der Waals surface area (Å²) in [6.45, 7) is 4.10. The summed E-state index contributed by atoms with van der Waals surface area (Å²) in [5.41, 5.74) is 9.65. The smallest absolute Gasteiger partial charge is 0.321 e. The van der Waals surface area contributed by atoms with Gasteiger partial charge in [0.25, 0.3) is 11.8 Å². The van der Waals surface area contributed by atoms with Crippen molar-refractivity contribution in [3.05, 3.63) is 47.7 Å². The number of amides is 3. The van der Waals surface area contributed by atoms with Crippen molar-refractivity contribution in [3.63, 3.8) is 0 Å². The second kappa shape index (κ2) is 13.2. The molecule has 1 aromatic carbocycles. The Balaban J connectivity index is 1.28. The van der Waals surface area contributed by atoms with Crippen LogP contribution in [0, 0.1) is 11.3 Å². The molecule has 3 unspecified atom stereocenters. The normalized spacial score (nSPS) is 21.7. The fourth-order valence-electron chi connectivity index (χ4n) is 5.30. The van der Waals surface area contributed by atoms with Crippen LogP contribution in [0.3, 0.4) is 0 Å². The Morgan fingerprint density at radius 2 is 1.93 bits per heavy atom. The van der Waals surface area contributed by atoms with Crippen molar-refractivity contribution < 1.29 is 33.4 Å². The number of pyridine rings is 1. The third kappa shape index (κ3) is 7.20. The monoisotopic (exact) mass is 593 g/mol. The van der Waals surface area contributed by atoms with Gasteiger partial charge in [-0.3, -0.25) is 29.2 Å². The van der Waals surface area contributed by atoms with Crippen LogP contribution in [0.1, 0.15) is 50.8 Å². The molecular weight excluding hydrogens is 554 g/mol. The SMILES string of the molecule is CCc1ccc2ccc(/C=C/C3(C(=O)OC(C(=O)NC(C)C(=O)N4CCCC(C(N)=O)N4)C4CC4)COCOC3)cc2n1. The molecule has 2 aliphatic heterocycles. The van der Waals surface area contributed by atoms with Crippen LogP contribution in [0.5, 0.6) is 0 Å². The average Bonchev–Trinajstić information content (AvgIpc) is 3.87. The van der Waals surface area contributed by atoms with Crippen LogP contribution >= 0.6 is 0 Å². The van der Waals surface area contributed by atoms with Crippen molar-refractivity contribution >= 4 is 40.7 Å². The van der Waals surface area contributed by atoms with Crippen LogP contribution in [0.25, 0.3) is 17.0 Å². The molecule has 43 heavy (non-hydrogen) atoms. The Labute approximate surface area is 250 Å². The van der Waals surface area contributed by atoms with Gasteiger partial charge in [0.1, 0.15) is 24.3 Å². The molecule has 5 rings (SSSR count). The molecule has 3 heterocycles. The molecule has 1 aliphatic carbocycles. The van der Waals surface area contributed by atoms with E-state index in [1.54, 1.807) is 13.0 Å². The van der Waals surface area contributed by atoms with Crippen LogP contribution in [-0.4, -0.2) is 78.4 Å². The van der Waals surface area contributed by atoms with Crippen molar-refractivity contribution in [3.8, 4) is 0 Å². The van der Waals surface area contributed by atoms with Gasteiger partial charge in [0.2, 0.25) is 5.91 Å². The van der Waals surface area contributed by atoms with Crippen molar-refractivity contribution in [1.29, 1.82) is 0 Å². The van der Waals surface area contributed by atoms with Crippen molar-refractivity contribution in [2.24, 2.45) is 17.1 Å². The zero-order valence-electron chi connectivity index (χ0n) is 24.5. The molecule has 3 amide bonds. The number of nitrogens with two attached hydrogens (primary N) is 1. The number of primary amides is 1. The highest BCUT2D eigenvalue weighted by Crippen LogP contribution is 2.37. The molecule has 12 heteroatoms. The molecular formula is C31H39N5O7. The zero-order chi connectivity index (χ0) is 30.6. The van der Waals surface area contributed by atoms with Crippen LogP contribution in [-0.2, 0) is 39.8 Å². The standard InChI is InChI=1S/C31H39N5O7/c1-3-23-11-10-21-7-6-20(15-25(21)34-23)12-13-31(16-41-18-42-17-31)30(40)43-26(22-8-9-22)28(38)33-19(2)29(39)36-14-4-5-24(35-36)27(32)37/h6-7,10-13,15,19,22,24,26,35H,3-5,8-9,14,16-18H2,1-2H3,(H2,32,37)(H,33,38)/b13-12+. The van der Waals surface area contributed by atoms with E-state index in [1.165, 1.54) is 5.01 Å². The highest BCUT2D eigenvalue weighted by atomic mass is 16.7. The molecule has 3 atom stereocenters. The maximum absolute atomic E-state index is 13.7. The second-order valence-corrected chi connectivity index (χ2v) is 11.5. The molecule has 1 aromatic heterocycles. The lowest BCUT2D eigenvalue weighted by atomic mass is 9.88. The van der Waals surface area contributed by atoms with Gasteiger partial charge >= 0.3 is 5.97 Å². The summed E-state index contributed by atoms with van der Waals surface area (Å²) in [7, 11) is 0. The number of carbonyl (C=O) groups excluding carboxylic acids is 4. The number of carbonyl (C=O) groups is 4. The summed E-state index contributed by atoms with van der Waals surface area (Å²) in [4.78, 5) is 56.3. The van der Waals surface area contributed by atoms with Gasteiger partial charge in [-0.2, -0.15) is 0 Å². The molecule has 3 fully saturated rings. The molecule has 2 saturated heterocycles. The van der Waals surface area contributed by atoms with Crippen LogP contribution in [0.4, 0.5) is 0 Å². The van der Waals surface area contributed by atoms with Gasteiger partial charge in [0.15, 0.2) is 6.10 Å². The van der Waals surface area contributed by atoms with E-state index < -0.39 is 47.3 Å². The molecule has 12 nitrogen and oxygen atoms in total. The number of hydrogen-bond acceptors (Lipinski definition) is 9. The summed E-state index contributed by atoms with van der Waals surface area (Å²) in [6.07, 6.45) is 5.86. The Hall–Kier alpha value is -3.87. The van der Waals surface area contributed by atoms with E-state index in [1.807, 2.05) is 36.4 Å². The van der Waals surface area contributed by atoms with E-state index in [0.717, 1.165) is 41.4 Å². The van der Waals surface area contributed by atoms with E-state index in [4.69, 9.17) is 24.9 Å². The van der Waals surface area contributed by atoms with Gasteiger partial charge in [-0.25, -0.2) is 5.43 Å². The van der Waals surface area contributed by atoms with E-state index in [-0.39, 0.29) is 25.9 Å². The highest BCUT2D eigenvalue weighted by molar-refractivity contribution is 5.92. The maximum Gasteiger partial charge on any atom is 0.321 e. The van der Waals surface area contributed by atoms with Gasteiger partial charge < -0.3 is 25.3 Å². The van der Waals surface area contributed by atoms with Crippen LogP contribution < -0.4 is 16.5 Å². The number of nitrogens with one attached hydrogen (secondary N) is 2. The summed E-state index contributed by atoms with van der Waals surface area (Å²) < 4.78 is 16.9. The molecule has 0 radical (unpaired) electrons. The number of benzene rings is 1. The summed E-state index contributed by atoms with van der Waals surface area (Å²) in [6, 6.07) is 8.35. The lowest BCUT2D eigenvalue weighted by molar-refractivity contribution is -0.191. The van der Waals surface area contributed by atoms with Crippen molar-refractivity contribution in [2.75, 3.05) is 26.6 Å². The maximum atomic E-state index is 13.7. The van der Waals surface area contributed by atoms with Crippen LogP contribution in [0.2, 0.25) is 0 Å². The molecule has 3 aliphatic rings. The predicted molar refractivity (Wildman–Crippen MR) is 157 cm³/mol. The number of aromatic nitrogens is 1. The first-order chi connectivity index (χ1) is 20.7. The highest BCUT2D eigenvalue weighted by Gasteiger charge is 2.46. The zero-order valence-corrected chi connectivity index (χ0v) is 24.5. The molecule has 0 spiro atoms. The Morgan fingerprint density at radius 1 is 1.19 bits per heavy atom. The van der Waals surface area contributed by atoms with Crippen LogP contribution in [0.15, 0.2) is 36.4 Å². The van der Waals surface area contributed by atoms with Gasteiger partial charge in [0, 0.05) is 23.5 Å². The minimum absolute atomic E-state index is 0.0314. The van der Waals surface area contributed by atoms with Crippen molar-refractivity contribution in [2.45, 2.75) is 64.1 Å². The second-order valence-electron chi connectivity index (χ2n) is 11.5. The lowest BCUT2D eigenvalue weighted by Crippen LogP contribution is -2.60. The third-order valence-electron chi connectivity index (χ3n) is 8.09. The summed E-state index contributed by atoms with van der Waals surface area (Å²) in [5.74, 6) is -2.29. The average molecular weight is 594 g/mol. The molecule has 2 aromatic rings. The Morgan fingerprint density at radius 3 is 2.63 bits per heavy atom. The predicted octanol–water partition coefficient (Wildman–Crippen LogP) is 1.61. The molecule has 230 valence electrons. The fraction of sp³-hybridized carbons (Fsp3) is 0.516. The minimum atomic E-state index is -1.26. The number of hydrogen-bond donors (Lipinski definition) is 3. The topological polar surface area (TPSA) is 162 Å². The van der Waals surface area contributed by atoms with Gasteiger partial charge in [-0.1, -0.05) is 37.3 Å². The number of esters is 1. The van der Waals surface area contributed by atoms with E-state index in [9.17, 15) is 19.2 Å². The Kier molecular flexibility index (Phi) is 9.38. The van der Waals surface area contributed by atoms with Gasteiger partial charge in [0.05, 0.1) is 18.7 Å². The number of rotatable bonds is 10. The van der Waals surface area contributed by atoms with E-state index in [0.29, 0.717) is 19.4 Å². The number of fused-ring (bicyclic) bond motifs is 1. The summed E-state index contributed by atoms with van der Waals surface area (Å²) >= 11 is 0. The molecule has 0 bridgehead atoms. The van der Waals surface area contributed by atoms with E-state index >= 15 is 0 Å². The summed E-state index contributed by atoms with van der Waals surface area (Å²) in [5, 5.41) is 5.02. The lowest BCUT2D eigenvalue weighted by Gasteiger charge is -2.35. The van der Waals surface area contributed by atoms with E-state index in [2.05, 4.69) is 17.7 Å². The third-order valence-corrected chi connectivity index (χ3v) is 8.09. The first kappa shape index (κ1) is 30.6. The number of nitrogens with zero attached hydrogens (tertiary/aromatic N) is 2. The van der Waals surface area contributed by atoms with Crippen molar-refractivity contribution in [1.82, 2.24) is 20.7 Å². The minimum Gasteiger partial charge on any atom is -0.451 e. The number of ether oxygens (including phenoxy) is 3. The largest absolute Gasteiger partial charge is 0.451 e. The number of aryl methyl sites for hydroxylation is 1.